The largest absolute Gasteiger partial charge is 0.328 e. The Labute approximate surface area is 173 Å². The van der Waals surface area contributed by atoms with E-state index in [9.17, 15) is 18.0 Å². The Morgan fingerprint density at radius 3 is 2.25 bits per heavy atom. The maximum absolute atomic E-state index is 12.7. The molecule has 1 aliphatic rings. The van der Waals surface area contributed by atoms with Gasteiger partial charge in [-0.1, -0.05) is 53.5 Å². The van der Waals surface area contributed by atoms with E-state index in [0.717, 1.165) is 0 Å². The molecule has 2 aromatic rings. The van der Waals surface area contributed by atoms with Gasteiger partial charge in [-0.2, -0.15) is 0 Å². The molecule has 3 rings (SSSR count). The van der Waals surface area contributed by atoms with Crippen molar-refractivity contribution >= 4 is 45.0 Å². The summed E-state index contributed by atoms with van der Waals surface area (Å²) in [7, 11) is -4.15. The lowest BCUT2D eigenvalue weighted by Crippen LogP contribution is -2.68. The SMILES string of the molecule is CC1(C(=O)NS(=O)(=O)c2ccccc2Cl)CCN1C(=O)Cc1ccccc1Cl. The fourth-order valence-corrected chi connectivity index (χ4v) is 4.84. The second-order valence-corrected chi connectivity index (χ2v) is 9.17. The highest BCUT2D eigenvalue weighted by Crippen LogP contribution is 2.32. The van der Waals surface area contributed by atoms with Gasteiger partial charge in [0.2, 0.25) is 5.91 Å². The van der Waals surface area contributed by atoms with Gasteiger partial charge in [-0.3, -0.25) is 9.59 Å². The molecule has 2 amide bonds. The second-order valence-electron chi connectivity index (χ2n) is 6.70. The van der Waals surface area contributed by atoms with Gasteiger partial charge < -0.3 is 4.90 Å². The molecule has 0 bridgehead atoms. The Bertz CT molecular complexity index is 1040. The van der Waals surface area contributed by atoms with E-state index in [1.807, 2.05) is 4.72 Å². The molecule has 1 atom stereocenters. The number of carbonyl (C=O) groups is 2. The Kier molecular flexibility index (Phi) is 5.70. The van der Waals surface area contributed by atoms with E-state index in [-0.39, 0.29) is 22.2 Å². The van der Waals surface area contributed by atoms with Crippen molar-refractivity contribution in [1.29, 1.82) is 0 Å². The molecule has 0 radical (unpaired) electrons. The Morgan fingerprint density at radius 1 is 1.07 bits per heavy atom. The summed E-state index contributed by atoms with van der Waals surface area (Å²) >= 11 is 12.0. The molecule has 0 aliphatic carbocycles. The lowest BCUT2D eigenvalue weighted by molar-refractivity contribution is -0.156. The minimum Gasteiger partial charge on any atom is -0.328 e. The predicted octanol–water partition coefficient (Wildman–Crippen LogP) is 3.03. The van der Waals surface area contributed by atoms with Crippen LogP contribution in [0.5, 0.6) is 0 Å². The third kappa shape index (κ3) is 3.87. The first-order chi connectivity index (χ1) is 13.1. The van der Waals surface area contributed by atoms with Crippen LogP contribution in [0.25, 0.3) is 0 Å². The van der Waals surface area contributed by atoms with Gasteiger partial charge in [-0.15, -0.1) is 0 Å². The zero-order valence-electron chi connectivity index (χ0n) is 15.0. The average molecular weight is 441 g/mol. The molecule has 1 fully saturated rings. The van der Waals surface area contributed by atoms with Gasteiger partial charge in [0.25, 0.3) is 15.9 Å². The zero-order chi connectivity index (χ0) is 20.5. The minimum atomic E-state index is -4.15. The molecule has 9 heteroatoms. The maximum atomic E-state index is 12.7. The van der Waals surface area contributed by atoms with E-state index < -0.39 is 21.5 Å². The third-order valence-corrected chi connectivity index (χ3v) is 7.06. The summed E-state index contributed by atoms with van der Waals surface area (Å²) in [6.07, 6.45) is 0.380. The molecule has 0 saturated carbocycles. The summed E-state index contributed by atoms with van der Waals surface area (Å²) in [4.78, 5) is 26.6. The second kappa shape index (κ2) is 7.73. The molecular formula is C19H18Cl2N2O4S. The first kappa shape index (κ1) is 20.6. The number of rotatable bonds is 5. The standard InChI is InChI=1S/C19H18Cl2N2O4S/c1-19(18(25)22-28(26,27)16-9-5-4-8-15(16)21)10-11-23(19)17(24)12-13-6-2-3-7-14(13)20/h2-9H,10-12H2,1H3,(H,22,25). The van der Waals surface area contributed by atoms with Crippen LogP contribution in [0.4, 0.5) is 0 Å². The number of hydrogen-bond donors (Lipinski definition) is 1. The van der Waals surface area contributed by atoms with Crippen LogP contribution in [0.1, 0.15) is 18.9 Å². The Balaban J connectivity index is 1.75. The number of sulfonamides is 1. The predicted molar refractivity (Wildman–Crippen MR) is 107 cm³/mol. The molecule has 1 N–H and O–H groups in total. The van der Waals surface area contributed by atoms with E-state index in [1.165, 1.54) is 23.1 Å². The van der Waals surface area contributed by atoms with Gasteiger partial charge in [0, 0.05) is 11.6 Å². The normalized spacial score (nSPS) is 19.0. The van der Waals surface area contributed by atoms with Gasteiger partial charge in [0.15, 0.2) is 0 Å². The van der Waals surface area contributed by atoms with Crippen molar-refractivity contribution in [1.82, 2.24) is 9.62 Å². The lowest BCUT2D eigenvalue weighted by atomic mass is 9.85. The first-order valence-electron chi connectivity index (χ1n) is 8.51. The van der Waals surface area contributed by atoms with Gasteiger partial charge in [-0.05, 0) is 37.1 Å². The number of benzene rings is 2. The van der Waals surface area contributed by atoms with Gasteiger partial charge in [0.1, 0.15) is 10.4 Å². The monoisotopic (exact) mass is 440 g/mol. The van der Waals surface area contributed by atoms with Crippen LogP contribution in [-0.4, -0.2) is 37.2 Å². The van der Waals surface area contributed by atoms with Crippen LogP contribution in [0.15, 0.2) is 53.4 Å². The van der Waals surface area contributed by atoms with E-state index in [1.54, 1.807) is 37.3 Å². The highest BCUT2D eigenvalue weighted by atomic mass is 35.5. The Hall–Kier alpha value is -2.09. The quantitative estimate of drug-likeness (QED) is 0.773. The van der Waals surface area contributed by atoms with Gasteiger partial charge >= 0.3 is 0 Å². The Morgan fingerprint density at radius 2 is 1.68 bits per heavy atom. The molecule has 1 heterocycles. The molecular weight excluding hydrogens is 423 g/mol. The lowest BCUT2D eigenvalue weighted by Gasteiger charge is -2.49. The van der Waals surface area contributed by atoms with E-state index >= 15 is 0 Å². The van der Waals surface area contributed by atoms with Crippen molar-refractivity contribution in [2.24, 2.45) is 0 Å². The summed E-state index contributed by atoms with van der Waals surface area (Å²) in [5.41, 5.74) is -0.611. The first-order valence-corrected chi connectivity index (χ1v) is 10.7. The number of halogens is 2. The van der Waals surface area contributed by atoms with E-state index in [0.29, 0.717) is 23.6 Å². The van der Waals surface area contributed by atoms with E-state index in [4.69, 9.17) is 23.2 Å². The van der Waals surface area contributed by atoms with Gasteiger partial charge in [0.05, 0.1) is 11.4 Å². The summed E-state index contributed by atoms with van der Waals surface area (Å²) in [5.74, 6) is -1.07. The third-order valence-electron chi connectivity index (χ3n) is 4.86. The van der Waals surface area contributed by atoms with Crippen LogP contribution >= 0.6 is 23.2 Å². The number of hydrogen-bond acceptors (Lipinski definition) is 4. The summed E-state index contributed by atoms with van der Waals surface area (Å²) in [5, 5.41) is 0.469. The molecule has 0 aromatic heterocycles. The molecule has 1 aliphatic heterocycles. The highest BCUT2D eigenvalue weighted by Gasteiger charge is 2.50. The number of amides is 2. The molecule has 6 nitrogen and oxygen atoms in total. The summed E-state index contributed by atoms with van der Waals surface area (Å²) in [6.45, 7) is 1.90. The van der Waals surface area contributed by atoms with Crippen LogP contribution in [0.3, 0.4) is 0 Å². The fraction of sp³-hybridized carbons (Fsp3) is 0.263. The number of carbonyl (C=O) groups excluding carboxylic acids is 2. The zero-order valence-corrected chi connectivity index (χ0v) is 17.3. The van der Waals surface area contributed by atoms with Crippen molar-refractivity contribution in [3.8, 4) is 0 Å². The van der Waals surface area contributed by atoms with Crippen molar-refractivity contribution in [2.45, 2.75) is 30.2 Å². The summed E-state index contributed by atoms with van der Waals surface area (Å²) in [6, 6.07) is 12.8. The van der Waals surface area contributed by atoms with Crippen molar-refractivity contribution in [3.05, 3.63) is 64.1 Å². The minimum absolute atomic E-state index is 0.00761. The molecule has 2 aromatic carbocycles. The van der Waals surface area contributed by atoms with Crippen molar-refractivity contribution < 1.29 is 18.0 Å². The molecule has 148 valence electrons. The highest BCUT2D eigenvalue weighted by molar-refractivity contribution is 7.90. The van der Waals surface area contributed by atoms with Crippen LogP contribution in [0.2, 0.25) is 10.0 Å². The molecule has 28 heavy (non-hydrogen) atoms. The molecule has 0 spiro atoms. The van der Waals surface area contributed by atoms with Gasteiger partial charge in [-0.25, -0.2) is 13.1 Å². The number of nitrogens with zero attached hydrogens (tertiary/aromatic N) is 1. The van der Waals surface area contributed by atoms with E-state index in [2.05, 4.69) is 0 Å². The smallest absolute Gasteiger partial charge is 0.265 e. The molecule has 1 unspecified atom stereocenters. The topological polar surface area (TPSA) is 83.6 Å². The summed E-state index contributed by atoms with van der Waals surface area (Å²) < 4.78 is 27.1. The van der Waals surface area contributed by atoms with Crippen molar-refractivity contribution in [3.63, 3.8) is 0 Å². The number of likely N-dealkylation sites (tertiary alicyclic amines) is 1. The van der Waals surface area contributed by atoms with Crippen LogP contribution in [-0.2, 0) is 26.0 Å². The number of nitrogens with one attached hydrogen (secondary N) is 1. The van der Waals surface area contributed by atoms with Crippen LogP contribution < -0.4 is 4.72 Å². The molecule has 1 saturated heterocycles. The maximum Gasteiger partial charge on any atom is 0.265 e. The van der Waals surface area contributed by atoms with Crippen LogP contribution in [0, 0.1) is 0 Å². The van der Waals surface area contributed by atoms with Crippen molar-refractivity contribution in [2.75, 3.05) is 6.54 Å². The average Bonchev–Trinajstić information content (AvgIpc) is 2.61. The fourth-order valence-electron chi connectivity index (χ4n) is 3.04.